The van der Waals surface area contributed by atoms with Gasteiger partial charge in [-0.2, -0.15) is 0 Å². The number of rotatable bonds is 0. The van der Waals surface area contributed by atoms with Gasteiger partial charge in [-0.1, -0.05) is 69.8 Å². The van der Waals surface area contributed by atoms with E-state index in [2.05, 4.69) is 19.9 Å². The predicted octanol–water partition coefficient (Wildman–Crippen LogP) is 5.37. The Labute approximate surface area is 261 Å². The van der Waals surface area contributed by atoms with Crippen LogP contribution in [0, 0.1) is 0 Å². The second-order valence-electron chi connectivity index (χ2n) is 9.08. The first-order chi connectivity index (χ1) is 20.8. The van der Waals surface area contributed by atoms with Crippen LogP contribution in [0.25, 0.3) is 90.2 Å². The van der Waals surface area contributed by atoms with Crippen LogP contribution in [-0.2, 0) is 17.1 Å². The van der Waals surface area contributed by atoms with Gasteiger partial charge in [-0.05, 0) is 21.5 Å². The number of aromatic nitrogens is 12. The fourth-order valence-electron chi connectivity index (χ4n) is 4.98. The Bertz CT molecular complexity index is 2040. The molecule has 0 fully saturated rings. The van der Waals surface area contributed by atoms with Crippen LogP contribution in [0.1, 0.15) is 21.3 Å². The predicted molar refractivity (Wildman–Crippen MR) is 163 cm³/mol. The van der Waals surface area contributed by atoms with Crippen molar-refractivity contribution in [2.24, 2.45) is 0 Å². The Hall–Kier alpha value is -5.52. The van der Waals surface area contributed by atoms with Gasteiger partial charge in [0, 0.05) is 47.4 Å². The monoisotopic (exact) mass is 625 g/mol. The Kier molecular flexibility index (Phi) is 7.33. The molecule has 0 unspecified atom stereocenters. The zero-order valence-electron chi connectivity index (χ0n) is 22.6. The molecule has 0 saturated heterocycles. The van der Waals surface area contributed by atoms with E-state index >= 15 is 0 Å². The van der Waals surface area contributed by atoms with Gasteiger partial charge < -0.3 is 29.9 Å². The minimum Gasteiger partial charge on any atom is -0.357 e. The summed E-state index contributed by atoms with van der Waals surface area (Å²) in [4.78, 5) is 56.3. The third-order valence-corrected chi connectivity index (χ3v) is 6.76. The summed E-state index contributed by atoms with van der Waals surface area (Å²) in [6.45, 7) is 4.00. The van der Waals surface area contributed by atoms with Crippen molar-refractivity contribution in [3.8, 4) is 46.1 Å². The fourth-order valence-corrected chi connectivity index (χ4v) is 4.98. The third kappa shape index (κ3) is 4.37. The first kappa shape index (κ1) is 28.6. The Balaban J connectivity index is 0.000000842. The van der Waals surface area contributed by atoms with Gasteiger partial charge >= 0.3 is 17.1 Å². The van der Waals surface area contributed by atoms with Gasteiger partial charge in [0.15, 0.2) is 0 Å². The Morgan fingerprint density at radius 3 is 0.909 bits per heavy atom. The molecule has 1 radical (unpaired) electrons. The average molecular weight is 626 g/mol. The van der Waals surface area contributed by atoms with E-state index in [4.69, 9.17) is 39.9 Å². The molecule has 0 aliphatic carbocycles. The van der Waals surface area contributed by atoms with Crippen LogP contribution in [-0.4, -0.2) is 49.8 Å². The SMILES string of the molecule is C.CC.[Cu+2].c1ccc2c3nc4nc(nc5[n-]c(nc6nc(nc([n-]3)c2c1)-c1nccnc1-6)c1ccccc51)-c1nccnc1-4. The van der Waals surface area contributed by atoms with Gasteiger partial charge in [0.1, 0.15) is 46.1 Å². The topological polar surface area (TPSA) is 157 Å². The molecule has 0 N–H and O–H groups in total. The average Bonchev–Trinajstić information content (AvgIpc) is 3.78. The van der Waals surface area contributed by atoms with Crippen molar-refractivity contribution in [3.63, 3.8) is 0 Å². The maximum Gasteiger partial charge on any atom is 2.00 e. The smallest absolute Gasteiger partial charge is 0.357 e. The molecule has 0 saturated carbocycles. The summed E-state index contributed by atoms with van der Waals surface area (Å²) >= 11 is 0. The molecule has 7 heterocycles. The van der Waals surface area contributed by atoms with Crippen LogP contribution >= 0.6 is 0 Å². The molecule has 2 aliphatic rings. The standard InChI is InChI=1S/C28H12N12.C2H6.CH4.Cu/c1-2-6-14-13(5-1)21-33-22(14)36-26-19-20(32-12-11-31-19)28(40-26)38-24-16-8-4-3-7-15(16)23(34-24)37-27-18-17(25(35-21)39-27)29-9-10-30-18;1-2;;/h1-12H;1-2H3;1H4;/q-2;;;+2. The molecule has 7 aromatic rings. The number of nitrogens with zero attached hydrogens (tertiary/aromatic N) is 12. The Morgan fingerprint density at radius 2 is 0.659 bits per heavy atom. The summed E-state index contributed by atoms with van der Waals surface area (Å²) in [6, 6.07) is 15.5. The minimum absolute atomic E-state index is 0. The summed E-state index contributed by atoms with van der Waals surface area (Å²) < 4.78 is 0. The van der Waals surface area contributed by atoms with Crippen LogP contribution in [0.5, 0.6) is 0 Å². The van der Waals surface area contributed by atoms with Gasteiger partial charge in [-0.15, -0.1) is 0 Å². The van der Waals surface area contributed by atoms with Crippen molar-refractivity contribution >= 4 is 44.1 Å². The van der Waals surface area contributed by atoms with Crippen LogP contribution in [0.2, 0.25) is 0 Å². The van der Waals surface area contributed by atoms with Gasteiger partial charge in [0.2, 0.25) is 0 Å². The molecule has 217 valence electrons. The first-order valence-corrected chi connectivity index (χ1v) is 13.3. The molecular formula is C31H22CuN12. The van der Waals surface area contributed by atoms with Crippen molar-refractivity contribution in [2.75, 3.05) is 0 Å². The molecule has 2 aromatic carbocycles. The summed E-state index contributed by atoms with van der Waals surface area (Å²) in [5.74, 6) is 1.42. The number of fused-ring (bicyclic) bond motifs is 20. The summed E-state index contributed by atoms with van der Waals surface area (Å²) in [5.41, 5.74) is 3.85. The van der Waals surface area contributed by atoms with Gasteiger partial charge in [0.25, 0.3) is 0 Å². The zero-order chi connectivity index (χ0) is 28.2. The molecule has 2 aliphatic heterocycles. The maximum atomic E-state index is 4.82. The van der Waals surface area contributed by atoms with Crippen molar-refractivity contribution in [2.45, 2.75) is 21.3 Å². The molecule has 0 amide bonds. The molecule has 13 heteroatoms. The molecule has 12 nitrogen and oxygen atoms in total. The zero-order valence-corrected chi connectivity index (χ0v) is 23.5. The van der Waals surface area contributed by atoms with E-state index in [0.29, 0.717) is 68.7 Å². The van der Waals surface area contributed by atoms with Crippen LogP contribution in [0.4, 0.5) is 0 Å². The van der Waals surface area contributed by atoms with E-state index in [9.17, 15) is 0 Å². The largest absolute Gasteiger partial charge is 2.00 e. The molecular weight excluding hydrogens is 604 g/mol. The second-order valence-corrected chi connectivity index (χ2v) is 9.08. The maximum absolute atomic E-state index is 4.82. The second kappa shape index (κ2) is 11.3. The van der Waals surface area contributed by atoms with Gasteiger partial charge in [0.05, 0.1) is 0 Å². The van der Waals surface area contributed by atoms with Gasteiger partial charge in [-0.3, -0.25) is 19.9 Å². The number of hydrogen-bond donors (Lipinski definition) is 0. The third-order valence-electron chi connectivity index (χ3n) is 6.76. The van der Waals surface area contributed by atoms with E-state index in [1.54, 1.807) is 24.8 Å². The fraction of sp³-hybridized carbons (Fsp3) is 0.0968. The molecule has 0 atom stereocenters. The van der Waals surface area contributed by atoms with Crippen molar-refractivity contribution in [3.05, 3.63) is 73.3 Å². The number of hydrogen-bond acceptors (Lipinski definition) is 10. The van der Waals surface area contributed by atoms with Crippen LogP contribution in [0.3, 0.4) is 0 Å². The first-order valence-electron chi connectivity index (χ1n) is 13.3. The van der Waals surface area contributed by atoms with Crippen LogP contribution < -0.4 is 9.97 Å². The molecule has 8 bridgehead atoms. The summed E-state index contributed by atoms with van der Waals surface area (Å²) in [6.07, 6.45) is 6.41. The molecule has 9 rings (SSSR count). The normalized spacial score (nSPS) is 11.0. The number of benzene rings is 2. The van der Waals surface area contributed by atoms with E-state index in [-0.39, 0.29) is 24.5 Å². The van der Waals surface area contributed by atoms with Crippen molar-refractivity contribution in [1.82, 2.24) is 59.8 Å². The molecule has 5 aromatic heterocycles. The van der Waals surface area contributed by atoms with E-state index in [0.717, 1.165) is 21.5 Å². The molecule has 44 heavy (non-hydrogen) atoms. The van der Waals surface area contributed by atoms with E-state index in [1.807, 2.05) is 62.4 Å². The quantitative estimate of drug-likeness (QED) is 0.199. The minimum atomic E-state index is 0. The van der Waals surface area contributed by atoms with Crippen molar-refractivity contribution in [1.29, 1.82) is 0 Å². The van der Waals surface area contributed by atoms with Gasteiger partial charge in [-0.25, -0.2) is 9.97 Å². The van der Waals surface area contributed by atoms with Crippen LogP contribution in [0.15, 0.2) is 73.3 Å². The van der Waals surface area contributed by atoms with E-state index < -0.39 is 0 Å². The summed E-state index contributed by atoms with van der Waals surface area (Å²) in [7, 11) is 0. The Morgan fingerprint density at radius 1 is 0.409 bits per heavy atom. The molecule has 0 spiro atoms. The van der Waals surface area contributed by atoms with E-state index in [1.165, 1.54) is 0 Å². The van der Waals surface area contributed by atoms with Crippen molar-refractivity contribution < 1.29 is 17.1 Å². The summed E-state index contributed by atoms with van der Waals surface area (Å²) in [5, 5.41) is 3.24.